The fraction of sp³-hybridized carbons (Fsp3) is 0.600. The van der Waals surface area contributed by atoms with Gasteiger partial charge in [-0.3, -0.25) is 10.1 Å². The van der Waals surface area contributed by atoms with Gasteiger partial charge in [0.2, 0.25) is 12.1 Å². The van der Waals surface area contributed by atoms with Crippen molar-refractivity contribution < 1.29 is 38.1 Å². The van der Waals surface area contributed by atoms with Crippen LogP contribution in [0.5, 0.6) is 5.75 Å². The van der Waals surface area contributed by atoms with Crippen molar-refractivity contribution in [3.8, 4) is 5.75 Å². The van der Waals surface area contributed by atoms with Gasteiger partial charge in [0.1, 0.15) is 5.75 Å². The lowest BCUT2D eigenvalue weighted by atomic mass is 10.1. The summed E-state index contributed by atoms with van der Waals surface area (Å²) >= 11 is 6.58. The lowest BCUT2D eigenvalue weighted by molar-refractivity contribution is -0.727. The van der Waals surface area contributed by atoms with Crippen molar-refractivity contribution in [3.63, 3.8) is 0 Å². The second-order valence-electron chi connectivity index (χ2n) is 9.46. The van der Waals surface area contributed by atoms with Crippen molar-refractivity contribution >= 4 is 17.5 Å². The highest BCUT2D eigenvalue weighted by molar-refractivity contribution is 6.33. The van der Waals surface area contributed by atoms with E-state index >= 15 is 0 Å². The Labute approximate surface area is 241 Å². The minimum Gasteiger partial charge on any atom is -1.00 e. The van der Waals surface area contributed by atoms with Gasteiger partial charge in [0.15, 0.2) is 12.4 Å². The van der Waals surface area contributed by atoms with E-state index in [4.69, 9.17) is 16.3 Å². The Balaban J connectivity index is 0.00000648. The van der Waals surface area contributed by atoms with Gasteiger partial charge < -0.3 is 28.7 Å². The van der Waals surface area contributed by atoms with Gasteiger partial charge in [-0.15, -0.1) is 0 Å². The lowest BCUT2D eigenvalue weighted by Crippen LogP contribution is -3.00. The molecule has 0 radical (unpaired) electrons. The predicted molar refractivity (Wildman–Crippen MR) is 146 cm³/mol. The van der Waals surface area contributed by atoms with Crippen LogP contribution < -0.4 is 38.6 Å². The van der Waals surface area contributed by atoms with E-state index in [0.717, 1.165) is 18.4 Å². The standard InChI is InChI=1S/C30H45ClN2O2.HI/c1-3-5-6-7-8-9-10-11-12-13-14-18-24-35-27-21-19-20-26(30(27)31)25-29(34)32-28(4-2)33-22-16-15-17-23-33;/h15-17,19-23,28H,3-14,18,24-25H2,1-2H3;1H. The molecule has 0 spiro atoms. The molecule has 0 saturated carbocycles. The highest BCUT2D eigenvalue weighted by atomic mass is 127. The third-order valence-corrected chi connectivity index (χ3v) is 6.89. The van der Waals surface area contributed by atoms with Gasteiger partial charge in [-0.25, -0.2) is 0 Å². The van der Waals surface area contributed by atoms with Gasteiger partial charge in [0.25, 0.3) is 0 Å². The highest BCUT2D eigenvalue weighted by Crippen LogP contribution is 2.29. The van der Waals surface area contributed by atoms with Crippen LogP contribution in [0.15, 0.2) is 48.8 Å². The summed E-state index contributed by atoms with van der Waals surface area (Å²) in [6.45, 7) is 4.99. The molecule has 1 amide bonds. The molecule has 6 heteroatoms. The van der Waals surface area contributed by atoms with Crippen molar-refractivity contribution in [1.29, 1.82) is 0 Å². The molecule has 1 unspecified atom stereocenters. The maximum absolute atomic E-state index is 12.7. The molecule has 0 bridgehead atoms. The molecule has 4 nitrogen and oxygen atoms in total. The fourth-order valence-electron chi connectivity index (χ4n) is 4.35. The number of halogens is 2. The van der Waals surface area contributed by atoms with Crippen LogP contribution >= 0.6 is 11.6 Å². The van der Waals surface area contributed by atoms with E-state index in [2.05, 4.69) is 19.2 Å². The average Bonchev–Trinajstić information content (AvgIpc) is 2.88. The summed E-state index contributed by atoms with van der Waals surface area (Å²) in [5.41, 5.74) is 0.796. The van der Waals surface area contributed by atoms with Gasteiger partial charge in [0.05, 0.1) is 18.1 Å². The Bertz CT molecular complexity index is 835. The normalized spacial score (nSPS) is 11.5. The number of hydrogen-bond acceptors (Lipinski definition) is 2. The first-order chi connectivity index (χ1) is 17.2. The van der Waals surface area contributed by atoms with Gasteiger partial charge in [-0.1, -0.05) is 114 Å². The molecule has 202 valence electrons. The van der Waals surface area contributed by atoms with E-state index in [9.17, 15) is 4.79 Å². The van der Waals surface area contributed by atoms with Crippen molar-refractivity contribution in [2.75, 3.05) is 6.61 Å². The molecule has 1 atom stereocenters. The zero-order valence-electron chi connectivity index (χ0n) is 22.3. The van der Waals surface area contributed by atoms with E-state index in [-0.39, 0.29) is 42.5 Å². The Kier molecular flexibility index (Phi) is 18.8. The van der Waals surface area contributed by atoms with Gasteiger partial charge >= 0.3 is 0 Å². The molecule has 2 aromatic rings. The third-order valence-electron chi connectivity index (χ3n) is 6.46. The minimum atomic E-state index is -0.0762. The maximum Gasteiger partial charge on any atom is 0.233 e. The third kappa shape index (κ3) is 13.3. The molecule has 0 aliphatic rings. The number of nitrogens with one attached hydrogen (secondary N) is 1. The van der Waals surface area contributed by atoms with Crippen molar-refractivity contribution in [2.24, 2.45) is 0 Å². The molecule has 1 aromatic heterocycles. The zero-order valence-corrected chi connectivity index (χ0v) is 25.2. The Morgan fingerprint density at radius 2 is 1.44 bits per heavy atom. The van der Waals surface area contributed by atoms with Crippen molar-refractivity contribution in [1.82, 2.24) is 5.32 Å². The van der Waals surface area contributed by atoms with E-state index in [1.54, 1.807) is 0 Å². The predicted octanol–water partition coefficient (Wildman–Crippen LogP) is 4.98. The molecule has 1 heterocycles. The number of pyridine rings is 1. The second-order valence-corrected chi connectivity index (χ2v) is 9.84. The van der Waals surface area contributed by atoms with E-state index < -0.39 is 0 Å². The number of amides is 1. The van der Waals surface area contributed by atoms with Crippen LogP contribution in [0.2, 0.25) is 5.02 Å². The molecule has 0 aliphatic heterocycles. The number of nitrogens with zero attached hydrogens (tertiary/aromatic N) is 1. The average molecular weight is 629 g/mol. The lowest BCUT2D eigenvalue weighted by Gasteiger charge is -2.14. The quantitative estimate of drug-likeness (QED) is 0.136. The number of carbonyl (C=O) groups excluding carboxylic acids is 1. The van der Waals surface area contributed by atoms with Crippen LogP contribution in [0.3, 0.4) is 0 Å². The molecule has 0 aliphatic carbocycles. The molecule has 2 rings (SSSR count). The fourth-order valence-corrected chi connectivity index (χ4v) is 4.59. The summed E-state index contributed by atoms with van der Waals surface area (Å²) in [6.07, 6.45) is 20.8. The van der Waals surface area contributed by atoms with Crippen molar-refractivity contribution in [3.05, 3.63) is 59.4 Å². The summed E-state index contributed by atoms with van der Waals surface area (Å²) in [6, 6.07) is 11.6. The molecule has 0 saturated heterocycles. The number of unbranched alkanes of at least 4 members (excludes halogenated alkanes) is 11. The van der Waals surface area contributed by atoms with Crippen LogP contribution in [0.1, 0.15) is 109 Å². The first kappa shape index (κ1) is 32.7. The van der Waals surface area contributed by atoms with Crippen LogP contribution in [-0.2, 0) is 11.2 Å². The van der Waals surface area contributed by atoms with Gasteiger partial charge in [0, 0.05) is 18.6 Å². The summed E-state index contributed by atoms with van der Waals surface area (Å²) in [7, 11) is 0. The smallest absolute Gasteiger partial charge is 0.233 e. The molecular weight excluding hydrogens is 583 g/mol. The van der Waals surface area contributed by atoms with Crippen LogP contribution in [0.25, 0.3) is 0 Å². The monoisotopic (exact) mass is 628 g/mol. The van der Waals surface area contributed by atoms with Gasteiger partial charge in [-0.2, -0.15) is 4.57 Å². The SMILES string of the molecule is CCCCCCCCCCCCCCOc1cccc(CC(=O)NC(CC)[n+]2ccccc2)c1Cl.[I-]. The molecule has 0 fully saturated rings. The summed E-state index contributed by atoms with van der Waals surface area (Å²) in [5.74, 6) is 0.623. The summed E-state index contributed by atoms with van der Waals surface area (Å²) in [5, 5.41) is 3.64. The number of hydrogen-bond donors (Lipinski definition) is 1. The molecule has 36 heavy (non-hydrogen) atoms. The number of benzene rings is 1. The first-order valence-electron chi connectivity index (χ1n) is 13.8. The summed E-state index contributed by atoms with van der Waals surface area (Å²) in [4.78, 5) is 12.7. The topological polar surface area (TPSA) is 42.2 Å². The maximum atomic E-state index is 12.7. The van der Waals surface area contributed by atoms with Gasteiger partial charge in [-0.05, 0) is 18.1 Å². The Morgan fingerprint density at radius 3 is 2.03 bits per heavy atom. The van der Waals surface area contributed by atoms with Crippen LogP contribution in [0.4, 0.5) is 0 Å². The number of aromatic nitrogens is 1. The second kappa shape index (κ2) is 20.7. The van der Waals surface area contributed by atoms with Crippen LogP contribution in [0, 0.1) is 0 Å². The highest BCUT2D eigenvalue weighted by Gasteiger charge is 2.19. The summed E-state index contributed by atoms with van der Waals surface area (Å²) < 4.78 is 7.96. The number of ether oxygens (including phenoxy) is 1. The Morgan fingerprint density at radius 1 is 0.861 bits per heavy atom. The first-order valence-corrected chi connectivity index (χ1v) is 14.2. The van der Waals surface area contributed by atoms with E-state index in [1.807, 2.05) is 53.4 Å². The van der Waals surface area contributed by atoms with Crippen LogP contribution in [-0.4, -0.2) is 12.5 Å². The molecule has 1 N–H and O–H groups in total. The van der Waals surface area contributed by atoms with Crippen molar-refractivity contribution in [2.45, 2.75) is 110 Å². The van der Waals surface area contributed by atoms with E-state index in [1.165, 1.54) is 70.6 Å². The molecule has 1 aromatic carbocycles. The number of rotatable bonds is 19. The Hall–Kier alpha value is -1.34. The number of carbonyl (C=O) groups is 1. The zero-order chi connectivity index (χ0) is 25.1. The van der Waals surface area contributed by atoms with E-state index in [0.29, 0.717) is 17.4 Å². The largest absolute Gasteiger partial charge is 1.00 e. The molecular formula is C30H46ClIN2O2. The minimum absolute atomic E-state index is 0.